The highest BCUT2D eigenvalue weighted by Gasteiger charge is 2.42. The van der Waals surface area contributed by atoms with Gasteiger partial charge in [-0.2, -0.15) is 5.26 Å². The second-order valence-corrected chi connectivity index (χ2v) is 10.4. The van der Waals surface area contributed by atoms with Gasteiger partial charge in [-0.25, -0.2) is 4.31 Å². The third kappa shape index (κ3) is 4.55. The highest BCUT2D eigenvalue weighted by atomic mass is 35.5. The highest BCUT2D eigenvalue weighted by Crippen LogP contribution is 2.29. The van der Waals surface area contributed by atoms with Crippen LogP contribution in [0.1, 0.15) is 29.9 Å². The maximum absolute atomic E-state index is 9.30. The predicted molar refractivity (Wildman–Crippen MR) is 141 cm³/mol. The molecule has 3 aromatic heterocycles. The standard InChI is InChI=1S/C25H27ClN8S/c1-17-30-31-24-7-6-21-23(34(17)24)13-22(33(21)14-18-4-3-5-19(26)12-18)20(28)8-11-29-25(9-10-27)15-32(16-25)35-2/h3-7,12-13,28-29H,8-9,11,14-16H2,1-2H3. The van der Waals surface area contributed by atoms with Crippen molar-refractivity contribution < 1.29 is 0 Å². The van der Waals surface area contributed by atoms with E-state index in [1.807, 2.05) is 41.7 Å². The fourth-order valence-electron chi connectivity index (χ4n) is 4.86. The first-order valence-electron chi connectivity index (χ1n) is 11.5. The lowest BCUT2D eigenvalue weighted by atomic mass is 9.89. The summed E-state index contributed by atoms with van der Waals surface area (Å²) in [5.74, 6) is 0.812. The van der Waals surface area contributed by atoms with Gasteiger partial charge in [0.1, 0.15) is 5.82 Å². The third-order valence-electron chi connectivity index (χ3n) is 6.65. The fourth-order valence-corrected chi connectivity index (χ4v) is 5.82. The Hall–Kier alpha value is -2.90. The number of nitrogens with zero attached hydrogens (tertiary/aromatic N) is 6. The van der Waals surface area contributed by atoms with Gasteiger partial charge in [-0.3, -0.25) is 4.40 Å². The Balaban J connectivity index is 1.45. The van der Waals surface area contributed by atoms with E-state index in [0.29, 0.717) is 36.7 Å². The van der Waals surface area contributed by atoms with Crippen LogP contribution in [0, 0.1) is 23.7 Å². The van der Waals surface area contributed by atoms with Crippen LogP contribution in [0.5, 0.6) is 0 Å². The van der Waals surface area contributed by atoms with E-state index in [2.05, 4.69) is 48.8 Å². The van der Waals surface area contributed by atoms with Crippen molar-refractivity contribution in [2.24, 2.45) is 0 Å². The molecule has 0 atom stereocenters. The van der Waals surface area contributed by atoms with Crippen molar-refractivity contribution in [2.45, 2.75) is 31.8 Å². The lowest BCUT2D eigenvalue weighted by Crippen LogP contribution is -2.67. The number of nitriles is 1. The normalized spacial score (nSPS) is 15.4. The molecule has 1 fully saturated rings. The molecule has 0 spiro atoms. The Morgan fingerprint density at radius 2 is 2.06 bits per heavy atom. The minimum atomic E-state index is -0.183. The number of hydrogen-bond donors (Lipinski definition) is 2. The smallest absolute Gasteiger partial charge is 0.161 e. The predicted octanol–water partition coefficient (Wildman–Crippen LogP) is 4.29. The number of hydrogen-bond acceptors (Lipinski definition) is 7. The van der Waals surface area contributed by atoms with Gasteiger partial charge in [0.05, 0.1) is 40.5 Å². The number of rotatable bonds is 9. The molecule has 10 heteroatoms. The Morgan fingerprint density at radius 3 is 2.80 bits per heavy atom. The number of benzene rings is 1. The van der Waals surface area contributed by atoms with Crippen molar-refractivity contribution in [3.05, 3.63) is 64.6 Å². The first-order valence-corrected chi connectivity index (χ1v) is 13.1. The van der Waals surface area contributed by atoms with Gasteiger partial charge in [-0.05, 0) is 49.1 Å². The Bertz CT molecular complexity index is 1440. The zero-order valence-corrected chi connectivity index (χ0v) is 21.3. The summed E-state index contributed by atoms with van der Waals surface area (Å²) in [4.78, 5) is 0. The van der Waals surface area contributed by atoms with Crippen LogP contribution in [0.4, 0.5) is 0 Å². The molecule has 2 N–H and O–H groups in total. The molecule has 0 bridgehead atoms. The Labute approximate surface area is 213 Å². The van der Waals surface area contributed by atoms with Crippen LogP contribution in [0.3, 0.4) is 0 Å². The molecule has 4 heterocycles. The van der Waals surface area contributed by atoms with Crippen molar-refractivity contribution in [3.63, 3.8) is 0 Å². The van der Waals surface area contributed by atoms with Gasteiger partial charge in [0.15, 0.2) is 5.65 Å². The maximum Gasteiger partial charge on any atom is 0.161 e. The molecule has 5 rings (SSSR count). The molecule has 1 saturated heterocycles. The quantitative estimate of drug-likeness (QED) is 0.259. The molecule has 0 amide bonds. The third-order valence-corrected chi connectivity index (χ3v) is 7.66. The summed E-state index contributed by atoms with van der Waals surface area (Å²) in [6.45, 7) is 4.86. The van der Waals surface area contributed by atoms with Crippen molar-refractivity contribution in [1.29, 1.82) is 10.7 Å². The number of pyridine rings is 1. The lowest BCUT2D eigenvalue weighted by molar-refractivity contribution is 0.133. The second-order valence-electron chi connectivity index (χ2n) is 9.04. The highest BCUT2D eigenvalue weighted by molar-refractivity contribution is 7.96. The Kier molecular flexibility index (Phi) is 6.55. The van der Waals surface area contributed by atoms with E-state index in [1.165, 1.54) is 0 Å². The van der Waals surface area contributed by atoms with Gasteiger partial charge < -0.3 is 15.3 Å². The second kappa shape index (κ2) is 9.63. The van der Waals surface area contributed by atoms with Crippen molar-refractivity contribution >= 4 is 45.9 Å². The molecule has 1 aromatic carbocycles. The average molecular weight is 507 g/mol. The van der Waals surface area contributed by atoms with Crippen LogP contribution in [0.15, 0.2) is 42.5 Å². The van der Waals surface area contributed by atoms with E-state index in [-0.39, 0.29) is 5.54 Å². The Morgan fingerprint density at radius 1 is 1.23 bits per heavy atom. The maximum atomic E-state index is 9.30. The average Bonchev–Trinajstić information content (AvgIpc) is 3.37. The zero-order valence-electron chi connectivity index (χ0n) is 19.8. The minimum Gasteiger partial charge on any atom is -0.334 e. The molecule has 180 valence electrons. The molecule has 35 heavy (non-hydrogen) atoms. The molecule has 0 unspecified atom stereocenters. The molecule has 4 aromatic rings. The van der Waals surface area contributed by atoms with Gasteiger partial charge in [-0.15, -0.1) is 10.2 Å². The van der Waals surface area contributed by atoms with Gasteiger partial charge >= 0.3 is 0 Å². The van der Waals surface area contributed by atoms with Gasteiger partial charge in [-0.1, -0.05) is 35.7 Å². The van der Waals surface area contributed by atoms with E-state index in [1.54, 1.807) is 11.9 Å². The zero-order chi connectivity index (χ0) is 24.6. The number of aryl methyl sites for hydroxylation is 1. The van der Waals surface area contributed by atoms with Crippen molar-refractivity contribution in [2.75, 3.05) is 25.9 Å². The van der Waals surface area contributed by atoms with Crippen LogP contribution in [-0.4, -0.2) is 60.6 Å². The van der Waals surface area contributed by atoms with Gasteiger partial charge in [0.2, 0.25) is 0 Å². The van der Waals surface area contributed by atoms with Crippen molar-refractivity contribution in [1.82, 2.24) is 28.8 Å². The summed E-state index contributed by atoms with van der Waals surface area (Å²) >= 11 is 7.96. The molecule has 0 saturated carbocycles. The van der Waals surface area contributed by atoms with Crippen LogP contribution < -0.4 is 5.32 Å². The molecular formula is C25H27ClN8S. The van der Waals surface area contributed by atoms with E-state index in [0.717, 1.165) is 46.9 Å². The minimum absolute atomic E-state index is 0.183. The fraction of sp³-hybridized carbons (Fsp3) is 0.360. The van der Waals surface area contributed by atoms with Crippen LogP contribution in [0.2, 0.25) is 5.02 Å². The van der Waals surface area contributed by atoms with Crippen LogP contribution in [-0.2, 0) is 6.54 Å². The van der Waals surface area contributed by atoms with Crippen molar-refractivity contribution in [3.8, 4) is 6.07 Å². The van der Waals surface area contributed by atoms with E-state index in [9.17, 15) is 5.26 Å². The summed E-state index contributed by atoms with van der Waals surface area (Å²) in [5, 5.41) is 31.1. The summed E-state index contributed by atoms with van der Waals surface area (Å²) < 4.78 is 6.45. The summed E-state index contributed by atoms with van der Waals surface area (Å²) in [6, 6.07) is 16.2. The number of halogens is 1. The van der Waals surface area contributed by atoms with Crippen LogP contribution in [0.25, 0.3) is 16.7 Å². The van der Waals surface area contributed by atoms with E-state index in [4.69, 9.17) is 17.0 Å². The monoisotopic (exact) mass is 506 g/mol. The number of nitrogens with one attached hydrogen (secondary N) is 2. The molecule has 1 aliphatic rings. The van der Waals surface area contributed by atoms with E-state index >= 15 is 0 Å². The first kappa shape index (κ1) is 23.8. The number of fused-ring (bicyclic) bond motifs is 3. The topological polar surface area (TPSA) is 98.0 Å². The molecular weight excluding hydrogens is 480 g/mol. The molecule has 0 aliphatic carbocycles. The summed E-state index contributed by atoms with van der Waals surface area (Å²) in [6.07, 6.45) is 3.08. The first-order chi connectivity index (χ1) is 16.9. The molecule has 8 nitrogen and oxygen atoms in total. The largest absolute Gasteiger partial charge is 0.334 e. The van der Waals surface area contributed by atoms with Gasteiger partial charge in [0, 0.05) is 37.6 Å². The number of aromatic nitrogens is 4. The summed E-state index contributed by atoms with van der Waals surface area (Å²) in [5.41, 5.74) is 5.08. The summed E-state index contributed by atoms with van der Waals surface area (Å²) in [7, 11) is 0. The lowest BCUT2D eigenvalue weighted by Gasteiger charge is -2.48. The van der Waals surface area contributed by atoms with E-state index < -0.39 is 0 Å². The molecule has 0 radical (unpaired) electrons. The van der Waals surface area contributed by atoms with Gasteiger partial charge in [0.25, 0.3) is 0 Å². The van der Waals surface area contributed by atoms with Crippen LogP contribution >= 0.6 is 23.5 Å². The SMILES string of the molecule is CSN1CC(CC#N)(NCCC(=N)c2cc3c(ccc4nnc(C)n43)n2Cc2cccc(Cl)c2)C1. The molecule has 1 aliphatic heterocycles.